The fourth-order valence-electron chi connectivity index (χ4n) is 7.53. The molecule has 0 saturated heterocycles. The first-order valence-corrected chi connectivity index (χ1v) is 19.5. The lowest BCUT2D eigenvalue weighted by Gasteiger charge is -2.11. The van der Waals surface area contributed by atoms with E-state index < -0.39 is 0 Å². The van der Waals surface area contributed by atoms with Gasteiger partial charge in [0.05, 0.1) is 15.9 Å². The molecule has 54 heavy (non-hydrogen) atoms. The van der Waals surface area contributed by atoms with Crippen molar-refractivity contribution in [2.24, 2.45) is 0 Å². The Morgan fingerprint density at radius 3 is 1.67 bits per heavy atom. The topological polar surface area (TPSA) is 51.6 Å². The SMILES string of the molecule is c1ccc(-c2cccc(-c3nc(-c4ccc(-c5nc6c7ccccc7sc6c6ccccc56)cc4)nc(-c4cccc5c4sc4ccccc45)n3)c2)cc1. The van der Waals surface area contributed by atoms with Gasteiger partial charge in [-0.3, -0.25) is 0 Å². The number of fused-ring (bicyclic) bond motifs is 8. The highest BCUT2D eigenvalue weighted by molar-refractivity contribution is 7.27. The molecule has 0 amide bonds. The second-order valence-electron chi connectivity index (χ2n) is 13.4. The molecule has 0 aliphatic heterocycles. The van der Waals surface area contributed by atoms with Gasteiger partial charge < -0.3 is 0 Å². The third kappa shape index (κ3) is 5.11. The summed E-state index contributed by atoms with van der Waals surface area (Å²) < 4.78 is 4.89. The zero-order valence-electron chi connectivity index (χ0n) is 28.8. The van der Waals surface area contributed by atoms with Crippen LogP contribution in [-0.4, -0.2) is 19.9 Å². The minimum Gasteiger partial charge on any atom is -0.246 e. The van der Waals surface area contributed by atoms with Gasteiger partial charge in [-0.2, -0.15) is 0 Å². The molecule has 4 aromatic heterocycles. The second kappa shape index (κ2) is 12.5. The Morgan fingerprint density at radius 1 is 0.315 bits per heavy atom. The maximum absolute atomic E-state index is 5.32. The van der Waals surface area contributed by atoms with Crippen molar-refractivity contribution in [1.29, 1.82) is 0 Å². The van der Waals surface area contributed by atoms with Gasteiger partial charge in [-0.05, 0) is 35.4 Å². The predicted octanol–water partition coefficient (Wildman–Crippen LogP) is 13.5. The van der Waals surface area contributed by atoms with Crippen LogP contribution >= 0.6 is 22.7 Å². The average Bonchev–Trinajstić information content (AvgIpc) is 3.82. The van der Waals surface area contributed by atoms with Crippen LogP contribution in [0.3, 0.4) is 0 Å². The van der Waals surface area contributed by atoms with Crippen molar-refractivity contribution < 1.29 is 0 Å². The first kappa shape index (κ1) is 31.0. The van der Waals surface area contributed by atoms with Crippen LogP contribution in [0.25, 0.3) is 108 Å². The van der Waals surface area contributed by atoms with Crippen molar-refractivity contribution in [2.45, 2.75) is 0 Å². The van der Waals surface area contributed by atoms with Crippen LogP contribution in [0.1, 0.15) is 0 Å². The van der Waals surface area contributed by atoms with Crippen molar-refractivity contribution in [1.82, 2.24) is 19.9 Å². The van der Waals surface area contributed by atoms with E-state index in [9.17, 15) is 0 Å². The quantitative estimate of drug-likeness (QED) is 0.177. The molecule has 0 bridgehead atoms. The molecule has 0 aliphatic rings. The molecular formula is C48H28N4S2. The number of pyridine rings is 1. The Balaban J connectivity index is 1.08. The van der Waals surface area contributed by atoms with Gasteiger partial charge in [-0.1, -0.05) is 146 Å². The van der Waals surface area contributed by atoms with Crippen LogP contribution in [0.2, 0.25) is 0 Å². The maximum Gasteiger partial charge on any atom is 0.165 e. The van der Waals surface area contributed by atoms with E-state index in [1.54, 1.807) is 11.3 Å². The van der Waals surface area contributed by atoms with Crippen LogP contribution < -0.4 is 0 Å². The molecule has 7 aromatic carbocycles. The first-order chi connectivity index (χ1) is 26.7. The fraction of sp³-hybridized carbons (Fsp3) is 0. The lowest BCUT2D eigenvalue weighted by Crippen LogP contribution is -2.00. The Labute approximate surface area is 318 Å². The zero-order valence-corrected chi connectivity index (χ0v) is 30.4. The Bertz CT molecular complexity index is 3220. The van der Waals surface area contributed by atoms with Gasteiger partial charge in [0.2, 0.25) is 0 Å². The Kier molecular flexibility index (Phi) is 7.18. The normalized spacial score (nSPS) is 11.7. The summed E-state index contributed by atoms with van der Waals surface area (Å²) >= 11 is 3.59. The average molecular weight is 725 g/mol. The molecule has 0 saturated carbocycles. The van der Waals surface area contributed by atoms with Crippen molar-refractivity contribution >= 4 is 73.9 Å². The molecule has 0 fully saturated rings. The molecule has 6 heteroatoms. The molecule has 0 spiro atoms. The van der Waals surface area contributed by atoms with E-state index in [-0.39, 0.29) is 0 Å². The van der Waals surface area contributed by atoms with E-state index in [0.29, 0.717) is 17.5 Å². The van der Waals surface area contributed by atoms with Gasteiger partial charge >= 0.3 is 0 Å². The summed E-state index contributed by atoms with van der Waals surface area (Å²) in [6, 6.07) is 59.6. The molecule has 0 unspecified atom stereocenters. The lowest BCUT2D eigenvalue weighted by molar-refractivity contribution is 1.08. The van der Waals surface area contributed by atoms with Crippen LogP contribution in [0, 0.1) is 0 Å². The van der Waals surface area contributed by atoms with Gasteiger partial charge in [0.15, 0.2) is 17.5 Å². The minimum absolute atomic E-state index is 0.627. The summed E-state index contributed by atoms with van der Waals surface area (Å²) in [7, 11) is 0. The number of thiophene rings is 2. The summed E-state index contributed by atoms with van der Waals surface area (Å²) in [5, 5.41) is 6.01. The summed E-state index contributed by atoms with van der Waals surface area (Å²) in [6.45, 7) is 0. The summed E-state index contributed by atoms with van der Waals surface area (Å²) in [6.07, 6.45) is 0. The highest BCUT2D eigenvalue weighted by Crippen LogP contribution is 2.42. The van der Waals surface area contributed by atoms with E-state index in [4.69, 9.17) is 19.9 Å². The second-order valence-corrected chi connectivity index (χ2v) is 15.5. The molecule has 0 N–H and O–H groups in total. The summed E-state index contributed by atoms with van der Waals surface area (Å²) in [4.78, 5) is 20.8. The number of hydrogen-bond acceptors (Lipinski definition) is 6. The molecule has 11 aromatic rings. The van der Waals surface area contributed by atoms with E-state index in [1.165, 1.54) is 40.3 Å². The molecular weight excluding hydrogens is 697 g/mol. The smallest absolute Gasteiger partial charge is 0.165 e. The van der Waals surface area contributed by atoms with Gasteiger partial charge in [0.25, 0.3) is 0 Å². The van der Waals surface area contributed by atoms with Crippen LogP contribution in [0.4, 0.5) is 0 Å². The van der Waals surface area contributed by atoms with E-state index >= 15 is 0 Å². The number of aromatic nitrogens is 4. The van der Waals surface area contributed by atoms with Crippen LogP contribution in [0.15, 0.2) is 170 Å². The van der Waals surface area contributed by atoms with Gasteiger partial charge in [0, 0.05) is 63.3 Å². The number of benzene rings is 7. The molecule has 0 aliphatic carbocycles. The third-order valence-electron chi connectivity index (χ3n) is 10.1. The zero-order chi connectivity index (χ0) is 35.6. The highest BCUT2D eigenvalue weighted by atomic mass is 32.1. The highest BCUT2D eigenvalue weighted by Gasteiger charge is 2.18. The summed E-state index contributed by atoms with van der Waals surface area (Å²) in [5.74, 6) is 1.92. The van der Waals surface area contributed by atoms with Crippen molar-refractivity contribution in [2.75, 3.05) is 0 Å². The van der Waals surface area contributed by atoms with Gasteiger partial charge in [0.1, 0.15) is 0 Å². The van der Waals surface area contributed by atoms with Crippen LogP contribution in [0.5, 0.6) is 0 Å². The van der Waals surface area contributed by atoms with Gasteiger partial charge in [-0.15, -0.1) is 22.7 Å². The molecule has 0 radical (unpaired) electrons. The molecule has 0 atom stereocenters. The van der Waals surface area contributed by atoms with E-state index in [0.717, 1.165) is 50.0 Å². The molecule has 11 rings (SSSR count). The molecule has 4 nitrogen and oxygen atoms in total. The van der Waals surface area contributed by atoms with E-state index in [1.807, 2.05) is 17.4 Å². The fourth-order valence-corrected chi connectivity index (χ4v) is 9.92. The Morgan fingerprint density at radius 2 is 0.852 bits per heavy atom. The van der Waals surface area contributed by atoms with Crippen LogP contribution in [-0.2, 0) is 0 Å². The number of hydrogen-bond donors (Lipinski definition) is 0. The minimum atomic E-state index is 0.627. The van der Waals surface area contributed by atoms with Crippen molar-refractivity contribution in [3.63, 3.8) is 0 Å². The maximum atomic E-state index is 5.32. The van der Waals surface area contributed by atoms with Crippen molar-refractivity contribution in [3.05, 3.63) is 170 Å². The molecule has 4 heterocycles. The third-order valence-corrected chi connectivity index (χ3v) is 12.6. The molecule has 252 valence electrons. The standard InChI is InChI=1S/C48H28N4S2/c1-2-12-29(13-3-1)32-14-10-15-33(28-32)47-50-46(51-48(52-47)39-21-11-20-36-34-16-6-8-22-40(34)53-44(36)39)31-26-24-30(25-27-31)42-35-17-4-5-18-37(35)45-43(49-42)38-19-7-9-23-41(38)54-45/h1-28H. The van der Waals surface area contributed by atoms with E-state index in [2.05, 4.69) is 164 Å². The van der Waals surface area contributed by atoms with Crippen molar-refractivity contribution in [3.8, 4) is 56.5 Å². The monoisotopic (exact) mass is 724 g/mol. The number of rotatable bonds is 5. The largest absolute Gasteiger partial charge is 0.246 e. The lowest BCUT2D eigenvalue weighted by atomic mass is 10.0. The predicted molar refractivity (Wildman–Crippen MR) is 228 cm³/mol. The van der Waals surface area contributed by atoms with Gasteiger partial charge in [-0.25, -0.2) is 19.9 Å². The number of nitrogens with zero attached hydrogens (tertiary/aromatic N) is 4. The Hall–Kier alpha value is -6.60. The summed E-state index contributed by atoms with van der Waals surface area (Å²) in [5.41, 5.74) is 8.18. The first-order valence-electron chi connectivity index (χ1n) is 17.9.